The third-order valence-electron chi connectivity index (χ3n) is 5.27. The summed E-state index contributed by atoms with van der Waals surface area (Å²) in [4.78, 5) is 38.1. The normalized spacial score (nSPS) is 12.7. The number of nitrogens with zero attached hydrogens (tertiary/aromatic N) is 1. The number of methoxy groups -OCH3 is 1. The first-order valence-electron chi connectivity index (χ1n) is 9.77. The van der Waals surface area contributed by atoms with Gasteiger partial charge in [0.05, 0.1) is 18.9 Å². The van der Waals surface area contributed by atoms with Gasteiger partial charge in [0.15, 0.2) is 23.0 Å². The van der Waals surface area contributed by atoms with Crippen molar-refractivity contribution in [2.75, 3.05) is 7.11 Å². The minimum absolute atomic E-state index is 0.138. The maximum atomic E-state index is 13.1. The van der Waals surface area contributed by atoms with Crippen molar-refractivity contribution in [2.45, 2.75) is 13.8 Å². The number of furan rings is 1. The quantitative estimate of drug-likeness (QED) is 0.127. The number of ketones is 1. The Kier molecular flexibility index (Phi) is 5.45. The van der Waals surface area contributed by atoms with E-state index in [1.54, 1.807) is 6.92 Å². The number of Topliss-reactive ketones (excluding diaryl/α,β-unsaturated/α-hetero) is 1. The number of phenolic OH excluding ortho intramolecular Hbond substituents is 1. The fraction of sp³-hybridized carbons (Fsp3) is 0.130. The number of fused-ring (bicyclic) bond motifs is 2. The monoisotopic (exact) mass is 466 g/mol. The number of aromatic carboxylic acids is 1. The number of carboxylic acids is 1. The van der Waals surface area contributed by atoms with Crippen LogP contribution in [0, 0.1) is 13.8 Å². The van der Waals surface area contributed by atoms with Gasteiger partial charge in [-0.15, -0.1) is 0 Å². The number of hydrogen-bond donors (Lipinski definition) is 3. The fourth-order valence-electron chi connectivity index (χ4n) is 3.67. The van der Waals surface area contributed by atoms with E-state index in [4.69, 9.17) is 24.5 Å². The molecule has 2 aromatic carbocycles. The Labute approximate surface area is 192 Å². The van der Waals surface area contributed by atoms with Gasteiger partial charge in [0.1, 0.15) is 28.3 Å². The second kappa shape index (κ2) is 8.28. The molecule has 0 saturated carbocycles. The third-order valence-corrected chi connectivity index (χ3v) is 5.27. The van der Waals surface area contributed by atoms with Crippen molar-refractivity contribution >= 4 is 23.4 Å². The van der Waals surface area contributed by atoms with Gasteiger partial charge in [0, 0.05) is 5.56 Å². The summed E-state index contributed by atoms with van der Waals surface area (Å²) in [5, 5.41) is 24.0. The molecule has 0 bridgehead atoms. The Bertz CT molecular complexity index is 1390. The van der Waals surface area contributed by atoms with Crippen LogP contribution in [0.5, 0.6) is 28.7 Å². The molecular weight excluding hydrogens is 448 g/mol. The molecule has 11 nitrogen and oxygen atoms in total. The predicted octanol–water partition coefficient (Wildman–Crippen LogP) is 3.18. The highest BCUT2D eigenvalue weighted by atomic mass is 16.6. The van der Waals surface area contributed by atoms with E-state index in [2.05, 4.69) is 5.10 Å². The maximum absolute atomic E-state index is 13.1. The van der Waals surface area contributed by atoms with Gasteiger partial charge in [-0.1, -0.05) is 0 Å². The maximum Gasteiger partial charge on any atom is 0.347 e. The Morgan fingerprint density at radius 3 is 2.44 bits per heavy atom. The molecule has 0 saturated heterocycles. The lowest BCUT2D eigenvalue weighted by molar-refractivity contribution is 0.0685. The summed E-state index contributed by atoms with van der Waals surface area (Å²) in [6.07, 6.45) is 1.26. The van der Waals surface area contributed by atoms with Gasteiger partial charge in [-0.25, -0.2) is 9.59 Å². The minimum atomic E-state index is -1.40. The van der Waals surface area contributed by atoms with Crippen LogP contribution in [0.25, 0.3) is 0 Å². The Balaban J connectivity index is 2.04. The molecule has 1 aliphatic rings. The first-order valence-corrected chi connectivity index (χ1v) is 9.77. The van der Waals surface area contributed by atoms with E-state index in [0.29, 0.717) is 5.56 Å². The van der Waals surface area contributed by atoms with Crippen molar-refractivity contribution < 1.29 is 43.2 Å². The largest absolute Gasteiger partial charge is 0.507 e. The molecule has 0 amide bonds. The molecule has 34 heavy (non-hydrogen) atoms. The van der Waals surface area contributed by atoms with E-state index in [-0.39, 0.29) is 51.0 Å². The van der Waals surface area contributed by atoms with Crippen molar-refractivity contribution in [1.29, 1.82) is 0 Å². The first-order chi connectivity index (χ1) is 16.2. The van der Waals surface area contributed by atoms with Gasteiger partial charge in [-0.05, 0) is 43.7 Å². The van der Waals surface area contributed by atoms with E-state index in [0.717, 1.165) is 0 Å². The van der Waals surface area contributed by atoms with E-state index in [9.17, 15) is 24.6 Å². The molecule has 4 N–H and O–H groups in total. The van der Waals surface area contributed by atoms with Crippen LogP contribution < -0.4 is 20.1 Å². The van der Waals surface area contributed by atoms with Gasteiger partial charge in [0.2, 0.25) is 5.78 Å². The van der Waals surface area contributed by atoms with E-state index in [1.807, 2.05) is 0 Å². The van der Waals surface area contributed by atoms with Crippen molar-refractivity contribution in [2.24, 2.45) is 10.9 Å². The van der Waals surface area contributed by atoms with Gasteiger partial charge in [-0.2, -0.15) is 5.10 Å². The molecule has 174 valence electrons. The number of carbonyl (C=O) groups excluding carboxylic acids is 2. The number of hydrogen-bond acceptors (Lipinski definition) is 10. The highest BCUT2D eigenvalue weighted by molar-refractivity contribution is 6.52. The number of ether oxygens (including phenoxy) is 3. The van der Waals surface area contributed by atoms with Crippen LogP contribution in [-0.2, 0) is 0 Å². The molecule has 0 radical (unpaired) electrons. The van der Waals surface area contributed by atoms with Crippen molar-refractivity contribution in [3.8, 4) is 28.7 Å². The lowest BCUT2D eigenvalue weighted by Crippen LogP contribution is -2.20. The third kappa shape index (κ3) is 3.39. The Morgan fingerprint density at radius 1 is 1.12 bits per heavy atom. The van der Waals surface area contributed by atoms with Crippen LogP contribution in [0.3, 0.4) is 0 Å². The molecule has 4 rings (SSSR count). The average Bonchev–Trinajstić information content (AvgIpc) is 3.27. The fourth-order valence-corrected chi connectivity index (χ4v) is 3.67. The molecule has 1 aromatic heterocycles. The number of hydrazone groups is 1. The number of aryl methyl sites for hydroxylation is 1. The van der Waals surface area contributed by atoms with Gasteiger partial charge < -0.3 is 34.7 Å². The molecule has 3 aromatic rings. The number of esters is 1. The molecule has 0 atom stereocenters. The van der Waals surface area contributed by atoms with Crippen LogP contribution in [0.4, 0.5) is 0 Å². The van der Waals surface area contributed by atoms with E-state index >= 15 is 0 Å². The second-order valence-electron chi connectivity index (χ2n) is 7.28. The van der Waals surface area contributed by atoms with Crippen LogP contribution in [-0.4, -0.2) is 40.8 Å². The predicted molar refractivity (Wildman–Crippen MR) is 116 cm³/mol. The van der Waals surface area contributed by atoms with Gasteiger partial charge in [0.25, 0.3) is 0 Å². The van der Waals surface area contributed by atoms with E-state index < -0.39 is 29.2 Å². The number of carboxylic acid groups (broad SMARTS) is 1. The highest BCUT2D eigenvalue weighted by Gasteiger charge is 2.36. The van der Waals surface area contributed by atoms with Crippen LogP contribution >= 0.6 is 0 Å². The summed E-state index contributed by atoms with van der Waals surface area (Å²) in [5.41, 5.74) is -0.828. The summed E-state index contributed by atoms with van der Waals surface area (Å²) in [7, 11) is 1.33. The lowest BCUT2D eigenvalue weighted by Gasteiger charge is -2.17. The molecule has 0 fully saturated rings. The van der Waals surface area contributed by atoms with Crippen molar-refractivity contribution in [3.05, 3.63) is 64.1 Å². The molecule has 2 heterocycles. The zero-order valence-corrected chi connectivity index (χ0v) is 18.2. The Morgan fingerprint density at radius 2 is 1.85 bits per heavy atom. The van der Waals surface area contributed by atoms with Crippen LogP contribution in [0.1, 0.15) is 48.0 Å². The standard InChI is InChI=1S/C23H18N2O9/c1-9-7-12(26)16(17(25-24)18(27)13-5-4-6-32-13)21-15(9)23(30)34-19-10(2)14(31-3)8-11(22(28)29)20(19)33-21/h4-8,26H,24H2,1-3H3,(H,28,29). The smallest absolute Gasteiger partial charge is 0.347 e. The molecular formula is C23H18N2O9. The summed E-state index contributed by atoms with van der Waals surface area (Å²) in [6, 6.07) is 5.24. The molecule has 0 unspecified atom stereocenters. The lowest BCUT2D eigenvalue weighted by atomic mass is 9.96. The highest BCUT2D eigenvalue weighted by Crippen LogP contribution is 2.48. The van der Waals surface area contributed by atoms with Gasteiger partial charge >= 0.3 is 11.9 Å². The number of rotatable bonds is 5. The zero-order valence-electron chi connectivity index (χ0n) is 18.2. The van der Waals surface area contributed by atoms with E-state index in [1.165, 1.54) is 44.6 Å². The summed E-state index contributed by atoms with van der Waals surface area (Å²) in [5.74, 6) is 1.03. The van der Waals surface area contributed by atoms with Gasteiger partial charge in [-0.3, -0.25) is 4.79 Å². The molecule has 0 aliphatic carbocycles. The zero-order chi connectivity index (χ0) is 24.7. The molecule has 1 aliphatic heterocycles. The summed E-state index contributed by atoms with van der Waals surface area (Å²) >= 11 is 0. The first kappa shape index (κ1) is 22.4. The number of nitrogens with two attached hydrogens (primary N) is 1. The topological polar surface area (TPSA) is 171 Å². The Hall–Kier alpha value is -4.80. The van der Waals surface area contributed by atoms with Crippen LogP contribution in [0.2, 0.25) is 0 Å². The molecule has 11 heteroatoms. The summed E-state index contributed by atoms with van der Waals surface area (Å²) in [6.45, 7) is 3.05. The second-order valence-corrected chi connectivity index (χ2v) is 7.28. The number of benzene rings is 2. The van der Waals surface area contributed by atoms with Crippen LogP contribution in [0.15, 0.2) is 40.0 Å². The van der Waals surface area contributed by atoms with Crippen molar-refractivity contribution in [1.82, 2.24) is 0 Å². The molecule has 0 spiro atoms. The number of carbonyl (C=O) groups is 3. The SMILES string of the molecule is COc1cc(C(=O)O)c2c(c1C)OC(=O)c1c(C)cc(O)c(C(=NN)C(=O)c3ccco3)c1O2. The number of phenols is 1. The van der Waals surface area contributed by atoms with Crippen molar-refractivity contribution in [3.63, 3.8) is 0 Å². The minimum Gasteiger partial charge on any atom is -0.507 e. The summed E-state index contributed by atoms with van der Waals surface area (Å²) < 4.78 is 21.8. The average molecular weight is 466 g/mol. The number of aromatic hydroxyl groups is 1.